The maximum Gasteiger partial charge on any atom is 0.257 e. The SMILES string of the molecule is CNCCCNS(=O)(=O)c1ccn[nH]1. The summed E-state index contributed by atoms with van der Waals surface area (Å²) in [5, 5.41) is 9.01. The predicted molar refractivity (Wildman–Crippen MR) is 52.3 cm³/mol. The van der Waals surface area contributed by atoms with Crippen molar-refractivity contribution in [2.75, 3.05) is 20.1 Å². The van der Waals surface area contributed by atoms with Crippen LogP contribution in [0.1, 0.15) is 6.42 Å². The Labute approximate surface area is 83.1 Å². The van der Waals surface area contributed by atoms with Gasteiger partial charge >= 0.3 is 0 Å². The zero-order chi connectivity index (χ0) is 10.4. The average Bonchev–Trinajstić information content (AvgIpc) is 2.65. The molecule has 3 N–H and O–H groups in total. The fourth-order valence-electron chi connectivity index (χ4n) is 0.942. The summed E-state index contributed by atoms with van der Waals surface area (Å²) in [5.74, 6) is 0. The zero-order valence-electron chi connectivity index (χ0n) is 7.95. The Balaban J connectivity index is 2.44. The number of aromatic amines is 1. The highest BCUT2D eigenvalue weighted by molar-refractivity contribution is 7.89. The number of nitrogens with one attached hydrogen (secondary N) is 3. The molecule has 0 spiro atoms. The molecule has 0 atom stereocenters. The minimum absolute atomic E-state index is 0.0990. The first kappa shape index (κ1) is 11.2. The summed E-state index contributed by atoms with van der Waals surface area (Å²) >= 11 is 0. The second-order valence-electron chi connectivity index (χ2n) is 2.78. The quantitative estimate of drug-likeness (QED) is 0.551. The van der Waals surface area contributed by atoms with Gasteiger partial charge in [-0.1, -0.05) is 0 Å². The lowest BCUT2D eigenvalue weighted by atomic mass is 10.4. The van der Waals surface area contributed by atoms with Crippen LogP contribution in [0.4, 0.5) is 0 Å². The highest BCUT2D eigenvalue weighted by Gasteiger charge is 2.13. The normalized spacial score (nSPS) is 11.8. The largest absolute Gasteiger partial charge is 0.320 e. The van der Waals surface area contributed by atoms with E-state index in [1.165, 1.54) is 12.3 Å². The van der Waals surface area contributed by atoms with Crippen LogP contribution in [0.2, 0.25) is 0 Å². The topological polar surface area (TPSA) is 86.9 Å². The van der Waals surface area contributed by atoms with E-state index in [1.807, 2.05) is 7.05 Å². The molecule has 6 nitrogen and oxygen atoms in total. The van der Waals surface area contributed by atoms with E-state index >= 15 is 0 Å². The van der Waals surface area contributed by atoms with Crippen LogP contribution >= 0.6 is 0 Å². The molecule has 1 heterocycles. The third-order valence-corrected chi connectivity index (χ3v) is 3.05. The van der Waals surface area contributed by atoms with Crippen LogP contribution in [0.3, 0.4) is 0 Å². The molecule has 0 aromatic carbocycles. The third-order valence-electron chi connectivity index (χ3n) is 1.66. The Hall–Kier alpha value is -0.920. The Kier molecular flexibility index (Phi) is 4.05. The van der Waals surface area contributed by atoms with Crippen LogP contribution < -0.4 is 10.0 Å². The maximum atomic E-state index is 11.5. The molecular formula is C7H14N4O2S. The number of rotatable bonds is 6. The molecule has 1 aromatic heterocycles. The van der Waals surface area contributed by atoms with E-state index < -0.39 is 10.0 Å². The van der Waals surface area contributed by atoms with E-state index in [-0.39, 0.29) is 5.03 Å². The second kappa shape index (κ2) is 5.08. The first-order valence-corrected chi connectivity index (χ1v) is 5.79. The van der Waals surface area contributed by atoms with E-state index in [0.717, 1.165) is 13.0 Å². The Morgan fingerprint density at radius 2 is 2.29 bits per heavy atom. The molecule has 14 heavy (non-hydrogen) atoms. The monoisotopic (exact) mass is 218 g/mol. The van der Waals surface area contributed by atoms with Crippen LogP contribution in [-0.4, -0.2) is 38.8 Å². The molecule has 0 aliphatic carbocycles. The van der Waals surface area contributed by atoms with Crippen LogP contribution in [0, 0.1) is 0 Å². The summed E-state index contributed by atoms with van der Waals surface area (Å²) in [4.78, 5) is 0. The summed E-state index contributed by atoms with van der Waals surface area (Å²) < 4.78 is 25.4. The molecule has 80 valence electrons. The minimum atomic E-state index is -3.39. The summed E-state index contributed by atoms with van der Waals surface area (Å²) in [6, 6.07) is 1.42. The van der Waals surface area contributed by atoms with Crippen LogP contribution in [0.15, 0.2) is 17.3 Å². The van der Waals surface area contributed by atoms with Gasteiger partial charge in [-0.15, -0.1) is 0 Å². The molecule has 0 unspecified atom stereocenters. The molecule has 0 aliphatic rings. The molecule has 0 fully saturated rings. The molecule has 0 bridgehead atoms. The molecule has 1 rings (SSSR count). The van der Waals surface area contributed by atoms with Crippen LogP contribution in [0.25, 0.3) is 0 Å². The van der Waals surface area contributed by atoms with Crippen molar-refractivity contribution in [3.8, 4) is 0 Å². The van der Waals surface area contributed by atoms with Crippen molar-refractivity contribution in [1.29, 1.82) is 0 Å². The molecular weight excluding hydrogens is 204 g/mol. The van der Waals surface area contributed by atoms with Crippen molar-refractivity contribution in [3.63, 3.8) is 0 Å². The summed E-state index contributed by atoms with van der Waals surface area (Å²) in [6.45, 7) is 1.20. The lowest BCUT2D eigenvalue weighted by molar-refractivity contribution is 0.573. The van der Waals surface area contributed by atoms with Crippen molar-refractivity contribution in [2.45, 2.75) is 11.4 Å². The van der Waals surface area contributed by atoms with Gasteiger partial charge in [0.2, 0.25) is 0 Å². The molecule has 0 aliphatic heterocycles. The Morgan fingerprint density at radius 3 is 2.86 bits per heavy atom. The van der Waals surface area contributed by atoms with Gasteiger partial charge in [-0.3, -0.25) is 5.10 Å². The first-order valence-electron chi connectivity index (χ1n) is 4.30. The van der Waals surface area contributed by atoms with Gasteiger partial charge < -0.3 is 5.32 Å². The lowest BCUT2D eigenvalue weighted by Crippen LogP contribution is -2.27. The van der Waals surface area contributed by atoms with Gasteiger partial charge in [0, 0.05) is 6.54 Å². The highest BCUT2D eigenvalue weighted by atomic mass is 32.2. The van der Waals surface area contributed by atoms with E-state index in [9.17, 15) is 8.42 Å². The fraction of sp³-hybridized carbons (Fsp3) is 0.571. The number of hydrogen-bond acceptors (Lipinski definition) is 4. The fourth-order valence-corrected chi connectivity index (χ4v) is 1.92. The highest BCUT2D eigenvalue weighted by Crippen LogP contribution is 2.01. The van der Waals surface area contributed by atoms with Gasteiger partial charge in [-0.2, -0.15) is 5.10 Å². The number of H-pyrrole nitrogens is 1. The number of hydrogen-bond donors (Lipinski definition) is 3. The Bertz CT molecular complexity index is 346. The van der Waals surface area contributed by atoms with E-state index in [2.05, 4.69) is 20.2 Å². The molecule has 7 heteroatoms. The van der Waals surface area contributed by atoms with Gasteiger partial charge in [0.1, 0.15) is 0 Å². The van der Waals surface area contributed by atoms with Gasteiger partial charge in [0.05, 0.1) is 6.20 Å². The van der Waals surface area contributed by atoms with Crippen molar-refractivity contribution < 1.29 is 8.42 Å². The first-order chi connectivity index (χ1) is 6.67. The number of sulfonamides is 1. The van der Waals surface area contributed by atoms with E-state index in [1.54, 1.807) is 0 Å². The average molecular weight is 218 g/mol. The van der Waals surface area contributed by atoms with Gasteiger partial charge in [-0.25, -0.2) is 13.1 Å². The summed E-state index contributed by atoms with van der Waals surface area (Å²) in [5.41, 5.74) is 0. The number of aromatic nitrogens is 2. The standard InChI is InChI=1S/C7H14N4O2S/c1-8-4-2-5-10-14(12,13)7-3-6-9-11-7/h3,6,8,10H,2,4-5H2,1H3,(H,9,11). The molecule has 0 radical (unpaired) electrons. The van der Waals surface area contributed by atoms with E-state index in [0.29, 0.717) is 6.54 Å². The van der Waals surface area contributed by atoms with Gasteiger partial charge in [0.15, 0.2) is 5.03 Å². The second-order valence-corrected chi connectivity index (χ2v) is 4.51. The summed E-state index contributed by atoms with van der Waals surface area (Å²) in [7, 11) is -1.57. The van der Waals surface area contributed by atoms with Crippen molar-refractivity contribution >= 4 is 10.0 Å². The lowest BCUT2D eigenvalue weighted by Gasteiger charge is -2.03. The van der Waals surface area contributed by atoms with Crippen molar-refractivity contribution in [1.82, 2.24) is 20.2 Å². The third kappa shape index (κ3) is 3.09. The minimum Gasteiger partial charge on any atom is -0.320 e. The van der Waals surface area contributed by atoms with E-state index in [4.69, 9.17) is 0 Å². The van der Waals surface area contributed by atoms with Crippen molar-refractivity contribution in [3.05, 3.63) is 12.3 Å². The van der Waals surface area contributed by atoms with Gasteiger partial charge in [-0.05, 0) is 26.1 Å². The Morgan fingerprint density at radius 1 is 1.50 bits per heavy atom. The molecule has 0 saturated heterocycles. The zero-order valence-corrected chi connectivity index (χ0v) is 8.76. The smallest absolute Gasteiger partial charge is 0.257 e. The van der Waals surface area contributed by atoms with Gasteiger partial charge in [0.25, 0.3) is 10.0 Å². The van der Waals surface area contributed by atoms with Crippen LogP contribution in [0.5, 0.6) is 0 Å². The molecule has 0 amide bonds. The molecule has 1 aromatic rings. The maximum absolute atomic E-state index is 11.5. The molecule has 0 saturated carbocycles. The summed E-state index contributed by atoms with van der Waals surface area (Å²) in [6.07, 6.45) is 2.16. The van der Waals surface area contributed by atoms with Crippen LogP contribution in [-0.2, 0) is 10.0 Å². The predicted octanol–water partition coefficient (Wildman–Crippen LogP) is -0.702. The van der Waals surface area contributed by atoms with Crippen molar-refractivity contribution in [2.24, 2.45) is 0 Å². The number of nitrogens with zero attached hydrogens (tertiary/aromatic N) is 1.